The van der Waals surface area contributed by atoms with E-state index in [2.05, 4.69) is 17.2 Å². The van der Waals surface area contributed by atoms with Crippen molar-refractivity contribution in [1.82, 2.24) is 5.32 Å². The first kappa shape index (κ1) is 16.6. The van der Waals surface area contributed by atoms with E-state index in [9.17, 15) is 22.4 Å². The minimum absolute atomic E-state index is 0.150. The molecule has 0 bridgehead atoms. The smallest absolute Gasteiger partial charge is 0.341 e. The Hall–Kier alpha value is -2.81. The Bertz CT molecular complexity index is 772. The van der Waals surface area contributed by atoms with Crippen LogP contribution in [0.15, 0.2) is 48.5 Å². The second-order valence-electron chi connectivity index (χ2n) is 4.51. The van der Waals surface area contributed by atoms with Gasteiger partial charge in [-0.1, -0.05) is 36.1 Å². The molecule has 0 saturated carbocycles. The van der Waals surface area contributed by atoms with E-state index in [1.165, 1.54) is 30.3 Å². The summed E-state index contributed by atoms with van der Waals surface area (Å²) in [5.74, 6) is 3.61. The van der Waals surface area contributed by atoms with Crippen LogP contribution in [0.5, 0.6) is 0 Å². The molecule has 0 aliphatic heterocycles. The van der Waals surface area contributed by atoms with Gasteiger partial charge in [-0.15, -0.1) is 0 Å². The summed E-state index contributed by atoms with van der Waals surface area (Å²) in [6, 6.07) is 10.3. The molecular weight excluding hydrogens is 310 g/mol. The number of nitrogens with one attached hydrogen (secondary N) is 1. The Labute approximate surface area is 130 Å². The third-order valence-corrected chi connectivity index (χ3v) is 2.91. The fourth-order valence-corrected chi connectivity index (χ4v) is 1.85. The second kappa shape index (κ2) is 6.97. The van der Waals surface area contributed by atoms with E-state index >= 15 is 0 Å². The monoisotopic (exact) mass is 321 g/mol. The second-order valence-corrected chi connectivity index (χ2v) is 4.51. The van der Waals surface area contributed by atoms with Gasteiger partial charge in [0.1, 0.15) is 5.82 Å². The van der Waals surface area contributed by atoms with E-state index in [0.717, 1.165) is 12.1 Å². The van der Waals surface area contributed by atoms with E-state index in [0.29, 0.717) is 0 Å². The van der Waals surface area contributed by atoms with Crippen LogP contribution in [0.25, 0.3) is 0 Å². The van der Waals surface area contributed by atoms with Crippen LogP contribution in [0.2, 0.25) is 0 Å². The van der Waals surface area contributed by atoms with Crippen LogP contribution in [0, 0.1) is 17.7 Å². The van der Waals surface area contributed by atoms with E-state index in [4.69, 9.17) is 0 Å². The van der Waals surface area contributed by atoms with Crippen molar-refractivity contribution in [3.63, 3.8) is 0 Å². The molecule has 0 aliphatic rings. The highest BCUT2D eigenvalue weighted by molar-refractivity contribution is 5.96. The Morgan fingerprint density at radius 2 is 1.70 bits per heavy atom. The lowest BCUT2D eigenvalue weighted by Gasteiger charge is -2.11. The van der Waals surface area contributed by atoms with Gasteiger partial charge >= 0.3 is 6.18 Å². The number of carbonyl (C=O) groups excluding carboxylic acids is 1. The Balaban J connectivity index is 2.06. The molecule has 6 heteroatoms. The summed E-state index contributed by atoms with van der Waals surface area (Å²) >= 11 is 0. The number of hydrogen-bond acceptors (Lipinski definition) is 1. The number of carbonyl (C=O) groups is 1. The summed E-state index contributed by atoms with van der Waals surface area (Å²) in [5, 5.41) is 2.27. The van der Waals surface area contributed by atoms with Gasteiger partial charge in [0.05, 0.1) is 23.2 Å². The van der Waals surface area contributed by atoms with Gasteiger partial charge in [-0.25, -0.2) is 4.39 Å². The number of hydrogen-bond donors (Lipinski definition) is 1. The molecule has 0 aromatic heterocycles. The van der Waals surface area contributed by atoms with Gasteiger partial charge < -0.3 is 5.32 Å². The summed E-state index contributed by atoms with van der Waals surface area (Å²) in [4.78, 5) is 11.8. The summed E-state index contributed by atoms with van der Waals surface area (Å²) in [5.41, 5.74) is -1.34. The molecule has 0 heterocycles. The molecule has 0 spiro atoms. The Morgan fingerprint density at radius 1 is 1.04 bits per heavy atom. The van der Waals surface area contributed by atoms with Crippen molar-refractivity contribution in [3.05, 3.63) is 71.0 Å². The lowest BCUT2D eigenvalue weighted by atomic mass is 10.1. The lowest BCUT2D eigenvalue weighted by Crippen LogP contribution is -2.26. The molecule has 0 fully saturated rings. The molecule has 0 atom stereocenters. The Morgan fingerprint density at radius 3 is 2.39 bits per heavy atom. The maximum Gasteiger partial charge on any atom is 0.417 e. The van der Waals surface area contributed by atoms with E-state index in [1.54, 1.807) is 6.07 Å². The van der Waals surface area contributed by atoms with Gasteiger partial charge in [-0.2, -0.15) is 13.2 Å². The Kier molecular flexibility index (Phi) is 5.02. The fraction of sp³-hybridized carbons (Fsp3) is 0.118. The van der Waals surface area contributed by atoms with E-state index < -0.39 is 29.0 Å². The normalized spacial score (nSPS) is 10.6. The van der Waals surface area contributed by atoms with Crippen LogP contribution < -0.4 is 5.32 Å². The van der Waals surface area contributed by atoms with Crippen molar-refractivity contribution < 1.29 is 22.4 Å². The zero-order chi connectivity index (χ0) is 16.9. The molecule has 2 aromatic rings. The quantitative estimate of drug-likeness (QED) is 0.664. The number of halogens is 4. The number of rotatable bonds is 2. The first-order valence-corrected chi connectivity index (χ1v) is 6.57. The summed E-state index contributed by atoms with van der Waals surface area (Å²) < 4.78 is 51.7. The molecule has 0 saturated heterocycles. The van der Waals surface area contributed by atoms with Gasteiger partial charge in [0.25, 0.3) is 5.91 Å². The minimum Gasteiger partial charge on any atom is -0.341 e. The maximum absolute atomic E-state index is 13.3. The van der Waals surface area contributed by atoms with Gasteiger partial charge in [-0.05, 0) is 24.3 Å². The van der Waals surface area contributed by atoms with Crippen molar-refractivity contribution in [2.75, 3.05) is 6.54 Å². The van der Waals surface area contributed by atoms with Gasteiger partial charge in [0.2, 0.25) is 0 Å². The SMILES string of the molecule is O=C(NCC#Cc1ccccc1F)c1ccccc1C(F)(F)F. The molecule has 2 rings (SSSR count). The van der Waals surface area contributed by atoms with Crippen molar-refractivity contribution in [2.24, 2.45) is 0 Å². The largest absolute Gasteiger partial charge is 0.417 e. The highest BCUT2D eigenvalue weighted by Crippen LogP contribution is 2.31. The molecule has 2 nitrogen and oxygen atoms in total. The third kappa shape index (κ3) is 4.33. The predicted molar refractivity (Wildman–Crippen MR) is 77.1 cm³/mol. The van der Waals surface area contributed by atoms with Crippen LogP contribution in [0.1, 0.15) is 21.5 Å². The van der Waals surface area contributed by atoms with Crippen molar-refractivity contribution in [3.8, 4) is 11.8 Å². The van der Waals surface area contributed by atoms with Gasteiger partial charge in [0.15, 0.2) is 0 Å². The molecule has 1 N–H and O–H groups in total. The van der Waals surface area contributed by atoms with Crippen LogP contribution in [-0.4, -0.2) is 12.5 Å². The van der Waals surface area contributed by atoms with Crippen LogP contribution in [-0.2, 0) is 6.18 Å². The lowest BCUT2D eigenvalue weighted by molar-refractivity contribution is -0.137. The molecule has 1 amide bonds. The zero-order valence-corrected chi connectivity index (χ0v) is 11.7. The van der Waals surface area contributed by atoms with Crippen LogP contribution >= 0.6 is 0 Å². The fourth-order valence-electron chi connectivity index (χ4n) is 1.85. The van der Waals surface area contributed by atoms with Gasteiger partial charge in [-0.3, -0.25) is 4.79 Å². The predicted octanol–water partition coefficient (Wildman–Crippen LogP) is 3.63. The van der Waals surface area contributed by atoms with Crippen LogP contribution in [0.3, 0.4) is 0 Å². The van der Waals surface area contributed by atoms with Crippen molar-refractivity contribution >= 4 is 5.91 Å². The number of alkyl halides is 3. The average Bonchev–Trinajstić information content (AvgIpc) is 2.52. The van der Waals surface area contributed by atoms with E-state index in [-0.39, 0.29) is 12.1 Å². The molecule has 0 radical (unpaired) electrons. The zero-order valence-electron chi connectivity index (χ0n) is 11.7. The summed E-state index contributed by atoms with van der Waals surface area (Å²) in [6.07, 6.45) is -4.62. The summed E-state index contributed by atoms with van der Waals surface area (Å²) in [7, 11) is 0. The third-order valence-electron chi connectivity index (χ3n) is 2.91. The molecular formula is C17H11F4NO. The van der Waals surface area contributed by atoms with Crippen molar-refractivity contribution in [2.45, 2.75) is 6.18 Å². The van der Waals surface area contributed by atoms with Crippen LogP contribution in [0.4, 0.5) is 17.6 Å². The first-order chi connectivity index (χ1) is 10.9. The number of benzene rings is 2. The highest BCUT2D eigenvalue weighted by atomic mass is 19.4. The maximum atomic E-state index is 13.3. The molecule has 23 heavy (non-hydrogen) atoms. The standard InChI is InChI=1S/C17H11F4NO/c18-15-10-4-1-6-12(15)7-5-11-22-16(23)13-8-2-3-9-14(13)17(19,20)21/h1-4,6,8-10H,11H2,(H,22,23). The minimum atomic E-state index is -4.62. The summed E-state index contributed by atoms with van der Waals surface area (Å²) in [6.45, 7) is -0.195. The molecule has 0 aliphatic carbocycles. The average molecular weight is 321 g/mol. The van der Waals surface area contributed by atoms with E-state index in [1.807, 2.05) is 0 Å². The molecule has 118 valence electrons. The highest BCUT2D eigenvalue weighted by Gasteiger charge is 2.34. The first-order valence-electron chi connectivity index (χ1n) is 6.57. The molecule has 0 unspecified atom stereocenters. The topological polar surface area (TPSA) is 29.1 Å². The number of amides is 1. The molecule has 2 aromatic carbocycles. The van der Waals surface area contributed by atoms with Crippen molar-refractivity contribution in [1.29, 1.82) is 0 Å². The van der Waals surface area contributed by atoms with Gasteiger partial charge in [0, 0.05) is 0 Å².